The van der Waals surface area contributed by atoms with Gasteiger partial charge in [0.05, 0.1) is 0 Å². The van der Waals surface area contributed by atoms with Crippen LogP contribution in [0.15, 0.2) is 48.5 Å². The lowest BCUT2D eigenvalue weighted by atomic mass is 10.1. The first-order valence-electron chi connectivity index (χ1n) is 5.11. The molecule has 0 saturated carbocycles. The van der Waals surface area contributed by atoms with E-state index in [0.717, 1.165) is 11.8 Å². The summed E-state index contributed by atoms with van der Waals surface area (Å²) in [6.07, 6.45) is 0.783. The van der Waals surface area contributed by atoms with Crippen LogP contribution in [0, 0.1) is 11.8 Å². The Hall–Kier alpha value is -2.04. The predicted molar refractivity (Wildman–Crippen MR) is 69.3 cm³/mol. The maximum absolute atomic E-state index is 10.8. The predicted octanol–water partition coefficient (Wildman–Crippen LogP) is 3.55. The second-order valence-electron chi connectivity index (χ2n) is 3.47. The minimum atomic E-state index is 0.554. The summed E-state index contributed by atoms with van der Waals surface area (Å²) in [5, 5.41) is 0.577. The highest BCUT2D eigenvalue weighted by Crippen LogP contribution is 2.14. The summed E-state index contributed by atoms with van der Waals surface area (Å²) in [5.41, 5.74) is 2.11. The molecule has 0 amide bonds. The van der Waals surface area contributed by atoms with E-state index in [-0.39, 0.29) is 0 Å². The molecule has 2 rings (SSSR count). The standard InChI is InChI=1S/C15H9ClO/c16-15-9-8-14(11-17)13(10-15)7-6-12-4-2-1-3-5-12/h1-5,8-11H. The van der Waals surface area contributed by atoms with Crippen molar-refractivity contribution in [3.05, 3.63) is 70.2 Å². The molecule has 2 aromatic rings. The van der Waals surface area contributed by atoms with Gasteiger partial charge in [0, 0.05) is 21.7 Å². The van der Waals surface area contributed by atoms with Crippen molar-refractivity contribution in [2.45, 2.75) is 0 Å². The Balaban J connectivity index is 2.39. The summed E-state index contributed by atoms with van der Waals surface area (Å²) in [5.74, 6) is 5.95. The molecule has 0 spiro atoms. The third kappa shape index (κ3) is 2.96. The zero-order chi connectivity index (χ0) is 12.1. The quantitative estimate of drug-likeness (QED) is 0.550. The van der Waals surface area contributed by atoms with Crippen LogP contribution in [0.4, 0.5) is 0 Å². The summed E-state index contributed by atoms with van der Waals surface area (Å²) in [4.78, 5) is 10.8. The van der Waals surface area contributed by atoms with Gasteiger partial charge in [-0.25, -0.2) is 0 Å². The van der Waals surface area contributed by atoms with Crippen molar-refractivity contribution in [3.8, 4) is 11.8 Å². The molecule has 0 radical (unpaired) electrons. The lowest BCUT2D eigenvalue weighted by Crippen LogP contribution is -1.86. The second kappa shape index (κ2) is 5.34. The number of rotatable bonds is 1. The molecule has 1 nitrogen and oxygen atoms in total. The van der Waals surface area contributed by atoms with Crippen molar-refractivity contribution in [1.82, 2.24) is 0 Å². The van der Waals surface area contributed by atoms with Crippen LogP contribution in [0.2, 0.25) is 5.02 Å². The lowest BCUT2D eigenvalue weighted by Gasteiger charge is -1.96. The van der Waals surface area contributed by atoms with Gasteiger partial charge in [-0.2, -0.15) is 0 Å². The molecule has 0 aliphatic rings. The van der Waals surface area contributed by atoms with E-state index >= 15 is 0 Å². The largest absolute Gasteiger partial charge is 0.298 e. The highest BCUT2D eigenvalue weighted by molar-refractivity contribution is 6.30. The molecular formula is C15H9ClO. The van der Waals surface area contributed by atoms with Gasteiger partial charge in [0.1, 0.15) is 0 Å². The van der Waals surface area contributed by atoms with Gasteiger partial charge in [-0.1, -0.05) is 41.6 Å². The summed E-state index contributed by atoms with van der Waals surface area (Å²) in [6.45, 7) is 0. The lowest BCUT2D eigenvalue weighted by molar-refractivity contribution is 0.112. The number of aldehydes is 1. The van der Waals surface area contributed by atoms with E-state index in [2.05, 4.69) is 11.8 Å². The molecule has 0 unspecified atom stereocenters. The molecule has 0 bridgehead atoms. The Morgan fingerprint density at radius 2 is 1.76 bits per heavy atom. The summed E-state index contributed by atoms with van der Waals surface area (Å²) >= 11 is 5.87. The van der Waals surface area contributed by atoms with Crippen LogP contribution in [-0.4, -0.2) is 6.29 Å². The zero-order valence-corrected chi connectivity index (χ0v) is 9.74. The van der Waals surface area contributed by atoms with Gasteiger partial charge < -0.3 is 0 Å². The Bertz CT molecular complexity index is 591. The van der Waals surface area contributed by atoms with Gasteiger partial charge in [0.2, 0.25) is 0 Å². The minimum Gasteiger partial charge on any atom is -0.298 e. The summed E-state index contributed by atoms with van der Waals surface area (Å²) in [6, 6.07) is 14.6. The first-order valence-corrected chi connectivity index (χ1v) is 5.49. The summed E-state index contributed by atoms with van der Waals surface area (Å²) < 4.78 is 0. The van der Waals surface area contributed by atoms with E-state index in [1.54, 1.807) is 18.2 Å². The molecule has 0 aromatic heterocycles. The number of halogens is 1. The molecule has 2 heteroatoms. The van der Waals surface area contributed by atoms with Gasteiger partial charge >= 0.3 is 0 Å². The van der Waals surface area contributed by atoms with Gasteiger partial charge in [-0.05, 0) is 30.3 Å². The third-order valence-electron chi connectivity index (χ3n) is 2.26. The highest BCUT2D eigenvalue weighted by Gasteiger charge is 1.99. The molecule has 0 aliphatic carbocycles. The second-order valence-corrected chi connectivity index (χ2v) is 3.90. The topological polar surface area (TPSA) is 17.1 Å². The Labute approximate surface area is 105 Å². The van der Waals surface area contributed by atoms with Gasteiger partial charge in [0.15, 0.2) is 6.29 Å². The molecule has 2 aromatic carbocycles. The van der Waals surface area contributed by atoms with Crippen molar-refractivity contribution in [3.63, 3.8) is 0 Å². The maximum atomic E-state index is 10.8. The molecule has 0 atom stereocenters. The number of carbonyl (C=O) groups excluding carboxylic acids is 1. The Kier molecular flexibility index (Phi) is 3.59. The normalized spacial score (nSPS) is 9.24. The van der Waals surface area contributed by atoms with Crippen LogP contribution in [0.1, 0.15) is 21.5 Å². The van der Waals surface area contributed by atoms with Crippen molar-refractivity contribution in [2.75, 3.05) is 0 Å². The monoisotopic (exact) mass is 240 g/mol. The molecule has 0 aliphatic heterocycles. The number of hydrogen-bond acceptors (Lipinski definition) is 1. The first-order chi connectivity index (χ1) is 8.29. The van der Waals surface area contributed by atoms with Crippen molar-refractivity contribution in [1.29, 1.82) is 0 Å². The fraction of sp³-hybridized carbons (Fsp3) is 0. The zero-order valence-electron chi connectivity index (χ0n) is 8.98. The van der Waals surface area contributed by atoms with Gasteiger partial charge in [0.25, 0.3) is 0 Å². The molecule has 82 valence electrons. The average molecular weight is 241 g/mol. The van der Waals surface area contributed by atoms with Crippen LogP contribution < -0.4 is 0 Å². The maximum Gasteiger partial charge on any atom is 0.151 e. The van der Waals surface area contributed by atoms with Gasteiger partial charge in [-0.3, -0.25) is 4.79 Å². The van der Waals surface area contributed by atoms with Crippen molar-refractivity contribution < 1.29 is 4.79 Å². The summed E-state index contributed by atoms with van der Waals surface area (Å²) in [7, 11) is 0. The van der Waals surface area contributed by atoms with Crippen LogP contribution in [-0.2, 0) is 0 Å². The number of benzene rings is 2. The molecule has 0 fully saturated rings. The Morgan fingerprint density at radius 3 is 2.47 bits per heavy atom. The molecule has 0 saturated heterocycles. The third-order valence-corrected chi connectivity index (χ3v) is 2.49. The van der Waals surface area contributed by atoms with E-state index in [0.29, 0.717) is 16.1 Å². The van der Waals surface area contributed by atoms with E-state index in [4.69, 9.17) is 11.6 Å². The van der Waals surface area contributed by atoms with Crippen LogP contribution in [0.5, 0.6) is 0 Å². The SMILES string of the molecule is O=Cc1ccc(Cl)cc1C#Cc1ccccc1. The van der Waals surface area contributed by atoms with Crippen molar-refractivity contribution in [2.24, 2.45) is 0 Å². The number of carbonyl (C=O) groups is 1. The average Bonchev–Trinajstić information content (AvgIpc) is 2.38. The molecule has 17 heavy (non-hydrogen) atoms. The highest BCUT2D eigenvalue weighted by atomic mass is 35.5. The molecular weight excluding hydrogens is 232 g/mol. The van der Waals surface area contributed by atoms with Crippen molar-refractivity contribution >= 4 is 17.9 Å². The first kappa shape index (κ1) is 11.4. The number of hydrogen-bond donors (Lipinski definition) is 0. The smallest absolute Gasteiger partial charge is 0.151 e. The van der Waals surface area contributed by atoms with Gasteiger partial charge in [-0.15, -0.1) is 0 Å². The Morgan fingerprint density at radius 1 is 1.00 bits per heavy atom. The van der Waals surface area contributed by atoms with E-state index in [1.165, 1.54) is 0 Å². The molecule has 0 N–H and O–H groups in total. The fourth-order valence-corrected chi connectivity index (χ4v) is 1.57. The van der Waals surface area contributed by atoms with E-state index < -0.39 is 0 Å². The van der Waals surface area contributed by atoms with Crippen LogP contribution >= 0.6 is 11.6 Å². The van der Waals surface area contributed by atoms with Crippen LogP contribution in [0.3, 0.4) is 0 Å². The van der Waals surface area contributed by atoms with E-state index in [9.17, 15) is 4.79 Å². The molecule has 0 heterocycles. The minimum absolute atomic E-state index is 0.554. The fourth-order valence-electron chi connectivity index (χ4n) is 1.40. The van der Waals surface area contributed by atoms with Crippen LogP contribution in [0.25, 0.3) is 0 Å². The van der Waals surface area contributed by atoms with E-state index in [1.807, 2.05) is 30.3 Å².